The van der Waals surface area contributed by atoms with Gasteiger partial charge in [0.1, 0.15) is 5.82 Å². The normalized spacial score (nSPS) is 14.1. The van der Waals surface area contributed by atoms with Crippen LogP contribution < -0.4 is 5.32 Å². The average Bonchev–Trinajstić information content (AvgIpc) is 3.62. The van der Waals surface area contributed by atoms with Gasteiger partial charge in [0.25, 0.3) is 0 Å². The molecule has 7 nitrogen and oxygen atoms in total. The second-order valence-electron chi connectivity index (χ2n) is 10.9. The highest BCUT2D eigenvalue weighted by Gasteiger charge is 2.17. The molecule has 0 aliphatic heterocycles. The van der Waals surface area contributed by atoms with Crippen LogP contribution in [0.3, 0.4) is 0 Å². The van der Waals surface area contributed by atoms with Crippen molar-refractivity contribution in [2.24, 2.45) is 5.92 Å². The zero-order valence-electron chi connectivity index (χ0n) is 22.6. The van der Waals surface area contributed by atoms with E-state index in [1.807, 2.05) is 30.7 Å². The first-order valence-electron chi connectivity index (χ1n) is 14.1. The smallest absolute Gasteiger partial charge is 0.181 e. The summed E-state index contributed by atoms with van der Waals surface area (Å²) < 4.78 is 14.6. The molecule has 1 saturated carbocycles. The van der Waals surface area contributed by atoms with E-state index in [1.165, 1.54) is 38.2 Å². The summed E-state index contributed by atoms with van der Waals surface area (Å²) in [5.74, 6) is 0.433. The minimum Gasteiger partial charge on any atom is -0.358 e. The van der Waals surface area contributed by atoms with Crippen molar-refractivity contribution in [2.75, 3.05) is 5.32 Å². The highest BCUT2D eigenvalue weighted by Crippen LogP contribution is 2.35. The predicted molar refractivity (Wildman–Crippen MR) is 162 cm³/mol. The van der Waals surface area contributed by atoms with Crippen LogP contribution in [-0.4, -0.2) is 30.1 Å². The second-order valence-corrected chi connectivity index (χ2v) is 10.9. The van der Waals surface area contributed by atoms with Gasteiger partial charge in [-0.3, -0.25) is 15.1 Å². The van der Waals surface area contributed by atoms with Gasteiger partial charge in [-0.25, -0.2) is 9.37 Å². The van der Waals surface area contributed by atoms with Crippen molar-refractivity contribution in [3.8, 4) is 33.6 Å². The van der Waals surface area contributed by atoms with Gasteiger partial charge in [-0.1, -0.05) is 56.9 Å². The number of allylic oxidation sites excluding steroid dienone is 1. The molecule has 5 aromatic heterocycles. The summed E-state index contributed by atoms with van der Waals surface area (Å²) in [7, 11) is 0. The summed E-state index contributed by atoms with van der Waals surface area (Å²) in [6.07, 6.45) is 16.5. The van der Waals surface area contributed by atoms with Crippen LogP contribution in [0.15, 0.2) is 85.7 Å². The lowest BCUT2D eigenvalue weighted by Gasteiger charge is -2.22. The Hall–Kier alpha value is -4.85. The van der Waals surface area contributed by atoms with E-state index in [1.54, 1.807) is 24.5 Å². The molecule has 204 valence electrons. The van der Waals surface area contributed by atoms with E-state index in [0.717, 1.165) is 62.2 Å². The Labute approximate surface area is 237 Å². The van der Waals surface area contributed by atoms with Crippen LogP contribution in [-0.2, 0) is 0 Å². The molecule has 8 heteroatoms. The Balaban J connectivity index is 1.20. The monoisotopic (exact) mass is 543 g/mol. The largest absolute Gasteiger partial charge is 0.358 e. The molecule has 0 radical (unpaired) electrons. The van der Waals surface area contributed by atoms with Gasteiger partial charge in [-0.2, -0.15) is 5.10 Å². The standard InChI is InChI=1S/C33H30FN7/c1-20(11-21-7-3-2-4-8-21)38-24-12-22(15-35-17-24)23-13-27-32(40-41-33(27)37-16-23)30-14-26-28(18-36-19-31(26)39-30)25-9-5-6-10-29(25)34/h5-6,9-10,12-19,21,38-39H,1-4,7-8,11H2,(H,37,40,41). The maximum atomic E-state index is 14.6. The van der Waals surface area contributed by atoms with Crippen molar-refractivity contribution >= 4 is 27.6 Å². The number of halogens is 1. The van der Waals surface area contributed by atoms with Gasteiger partial charge in [-0.15, -0.1) is 0 Å². The van der Waals surface area contributed by atoms with Crippen molar-refractivity contribution in [2.45, 2.75) is 38.5 Å². The van der Waals surface area contributed by atoms with E-state index in [4.69, 9.17) is 0 Å². The van der Waals surface area contributed by atoms with E-state index < -0.39 is 0 Å². The van der Waals surface area contributed by atoms with Crippen LogP contribution in [0.1, 0.15) is 38.5 Å². The third kappa shape index (κ3) is 4.97. The highest BCUT2D eigenvalue weighted by molar-refractivity contribution is 6.00. The summed E-state index contributed by atoms with van der Waals surface area (Å²) in [6.45, 7) is 4.28. The number of nitrogens with one attached hydrogen (secondary N) is 3. The van der Waals surface area contributed by atoms with Crippen LogP contribution in [0.2, 0.25) is 0 Å². The van der Waals surface area contributed by atoms with Crippen molar-refractivity contribution in [3.63, 3.8) is 0 Å². The third-order valence-electron chi connectivity index (χ3n) is 8.04. The van der Waals surface area contributed by atoms with Gasteiger partial charge in [0, 0.05) is 57.3 Å². The Morgan fingerprint density at radius 1 is 0.902 bits per heavy atom. The molecular formula is C33H30FN7. The molecule has 0 amide bonds. The Kier molecular flexibility index (Phi) is 6.51. The molecule has 1 aliphatic carbocycles. The van der Waals surface area contributed by atoms with E-state index in [-0.39, 0.29) is 5.82 Å². The third-order valence-corrected chi connectivity index (χ3v) is 8.04. The number of nitrogens with zero attached hydrogens (tertiary/aromatic N) is 4. The fraction of sp³-hybridized carbons (Fsp3) is 0.212. The van der Waals surface area contributed by atoms with Gasteiger partial charge >= 0.3 is 0 Å². The van der Waals surface area contributed by atoms with Crippen LogP contribution in [0.5, 0.6) is 0 Å². The topological polar surface area (TPSA) is 95.2 Å². The zero-order valence-corrected chi connectivity index (χ0v) is 22.6. The number of fused-ring (bicyclic) bond motifs is 2. The molecule has 1 aliphatic rings. The number of rotatable bonds is 7. The molecule has 6 aromatic rings. The van der Waals surface area contributed by atoms with Gasteiger partial charge in [-0.05, 0) is 36.6 Å². The number of hydrogen-bond donors (Lipinski definition) is 3. The summed E-state index contributed by atoms with van der Waals surface area (Å²) in [6, 6.07) is 12.9. The maximum Gasteiger partial charge on any atom is 0.181 e. The molecule has 0 bridgehead atoms. The van der Waals surface area contributed by atoms with Crippen LogP contribution >= 0.6 is 0 Å². The molecule has 1 aromatic carbocycles. The highest BCUT2D eigenvalue weighted by atomic mass is 19.1. The number of aromatic amines is 2. The fourth-order valence-electron chi connectivity index (χ4n) is 6.00. The summed E-state index contributed by atoms with van der Waals surface area (Å²) in [4.78, 5) is 16.9. The maximum absolute atomic E-state index is 14.6. The molecule has 0 unspecified atom stereocenters. The first-order valence-corrected chi connectivity index (χ1v) is 14.1. The molecule has 1 fully saturated rings. The predicted octanol–water partition coefficient (Wildman–Crippen LogP) is 8.27. The van der Waals surface area contributed by atoms with Crippen molar-refractivity contribution < 1.29 is 4.39 Å². The average molecular weight is 544 g/mol. The summed E-state index contributed by atoms with van der Waals surface area (Å²) in [5, 5.41) is 12.8. The number of anilines is 1. The van der Waals surface area contributed by atoms with Crippen molar-refractivity contribution in [3.05, 3.63) is 91.5 Å². The van der Waals surface area contributed by atoms with E-state index in [0.29, 0.717) is 17.1 Å². The van der Waals surface area contributed by atoms with Gasteiger partial charge in [0.15, 0.2) is 5.65 Å². The van der Waals surface area contributed by atoms with Crippen molar-refractivity contribution in [1.82, 2.24) is 30.1 Å². The molecule has 5 heterocycles. The van der Waals surface area contributed by atoms with Gasteiger partial charge < -0.3 is 10.3 Å². The number of pyridine rings is 3. The van der Waals surface area contributed by atoms with Crippen molar-refractivity contribution in [1.29, 1.82) is 0 Å². The molecule has 0 spiro atoms. The lowest BCUT2D eigenvalue weighted by molar-refractivity contribution is 0.357. The number of aromatic nitrogens is 6. The molecule has 3 N–H and O–H groups in total. The fourth-order valence-corrected chi connectivity index (χ4v) is 6.00. The van der Waals surface area contributed by atoms with Crippen LogP contribution in [0.4, 0.5) is 10.1 Å². The SMILES string of the molecule is C=C(CC1CCCCC1)Nc1cncc(-c2cnc3n[nH]c(-c4cc5c(-c6ccccc6F)cncc5[nH]4)c3c2)c1. The number of H-pyrrole nitrogens is 2. The molecular weight excluding hydrogens is 513 g/mol. The summed E-state index contributed by atoms with van der Waals surface area (Å²) >= 11 is 0. The van der Waals surface area contributed by atoms with E-state index >= 15 is 0 Å². The Morgan fingerprint density at radius 2 is 1.73 bits per heavy atom. The molecule has 41 heavy (non-hydrogen) atoms. The van der Waals surface area contributed by atoms with Gasteiger partial charge in [0.05, 0.1) is 35.0 Å². The quantitative estimate of drug-likeness (QED) is 0.188. The minimum absolute atomic E-state index is 0.284. The summed E-state index contributed by atoms with van der Waals surface area (Å²) in [5.41, 5.74) is 8.10. The second kappa shape index (κ2) is 10.6. The molecule has 0 atom stereocenters. The first-order chi connectivity index (χ1) is 20.1. The lowest BCUT2D eigenvalue weighted by Crippen LogP contribution is -2.10. The van der Waals surface area contributed by atoms with Crippen LogP contribution in [0, 0.1) is 11.7 Å². The van der Waals surface area contributed by atoms with E-state index in [2.05, 4.69) is 54.2 Å². The molecule has 0 saturated heterocycles. The first kappa shape index (κ1) is 25.1. The Bertz CT molecular complexity index is 1880. The number of hydrogen-bond acceptors (Lipinski definition) is 5. The molecule has 7 rings (SSSR count). The lowest BCUT2D eigenvalue weighted by atomic mass is 9.86. The zero-order chi connectivity index (χ0) is 27.8. The van der Waals surface area contributed by atoms with E-state index in [9.17, 15) is 4.39 Å². The number of benzene rings is 1. The van der Waals surface area contributed by atoms with Gasteiger partial charge in [0.2, 0.25) is 0 Å². The minimum atomic E-state index is -0.284. The Morgan fingerprint density at radius 3 is 2.61 bits per heavy atom. The van der Waals surface area contributed by atoms with Crippen LogP contribution in [0.25, 0.3) is 55.6 Å².